The number of nitrogens with one attached hydrogen (secondary N) is 1. The van der Waals surface area contributed by atoms with Crippen LogP contribution >= 0.6 is 11.3 Å². The van der Waals surface area contributed by atoms with Crippen molar-refractivity contribution < 1.29 is 9.59 Å². The number of carbonyl (C=O) groups is 2. The van der Waals surface area contributed by atoms with Gasteiger partial charge in [0.2, 0.25) is 0 Å². The predicted molar refractivity (Wildman–Crippen MR) is 95.7 cm³/mol. The molecule has 0 aliphatic heterocycles. The zero-order valence-electron chi connectivity index (χ0n) is 14.1. The second-order valence-electron chi connectivity index (χ2n) is 6.55. The molecule has 0 spiro atoms. The molecule has 6 heteroatoms. The van der Waals surface area contributed by atoms with E-state index in [0.29, 0.717) is 22.2 Å². The van der Waals surface area contributed by atoms with Crippen LogP contribution in [0.5, 0.6) is 0 Å². The quantitative estimate of drug-likeness (QED) is 0.897. The molecule has 0 bridgehead atoms. The van der Waals surface area contributed by atoms with E-state index in [2.05, 4.69) is 17.2 Å². The second-order valence-corrected chi connectivity index (χ2v) is 7.65. The molecule has 0 fully saturated rings. The number of amides is 2. The van der Waals surface area contributed by atoms with Crippen LogP contribution in [0, 0.1) is 19.8 Å². The number of aryl methyl sites for hydroxylation is 2. The summed E-state index contributed by atoms with van der Waals surface area (Å²) >= 11 is 1.46. The SMILES string of the molecule is Cc1cc(C)nc(C(=O)Nc2sc3c(c2C(N)=O)CCC(C)C3)c1. The zero-order chi connectivity index (χ0) is 17.4. The Morgan fingerprint density at radius 2 is 2.08 bits per heavy atom. The Morgan fingerprint density at radius 3 is 2.75 bits per heavy atom. The molecule has 2 aromatic rings. The fourth-order valence-electron chi connectivity index (χ4n) is 3.22. The first-order chi connectivity index (χ1) is 11.3. The highest BCUT2D eigenvalue weighted by molar-refractivity contribution is 7.17. The minimum atomic E-state index is -0.481. The van der Waals surface area contributed by atoms with Crippen molar-refractivity contribution in [2.45, 2.75) is 40.0 Å². The fraction of sp³-hybridized carbons (Fsp3) is 0.389. The van der Waals surface area contributed by atoms with E-state index >= 15 is 0 Å². The van der Waals surface area contributed by atoms with Crippen molar-refractivity contribution in [2.75, 3.05) is 5.32 Å². The van der Waals surface area contributed by atoms with Gasteiger partial charge in [0.15, 0.2) is 0 Å². The number of hydrogen-bond donors (Lipinski definition) is 2. The van der Waals surface area contributed by atoms with E-state index in [1.807, 2.05) is 19.9 Å². The number of hydrogen-bond acceptors (Lipinski definition) is 4. The van der Waals surface area contributed by atoms with Crippen LogP contribution in [0.15, 0.2) is 12.1 Å². The molecule has 0 radical (unpaired) electrons. The van der Waals surface area contributed by atoms with Gasteiger partial charge in [-0.05, 0) is 62.3 Å². The largest absolute Gasteiger partial charge is 0.365 e. The molecule has 1 aliphatic carbocycles. The molecule has 2 heterocycles. The van der Waals surface area contributed by atoms with Gasteiger partial charge in [0, 0.05) is 10.6 Å². The third-order valence-corrected chi connectivity index (χ3v) is 5.49. The lowest BCUT2D eigenvalue weighted by molar-refractivity contribution is 0.1000. The molecular formula is C18H21N3O2S. The van der Waals surface area contributed by atoms with Gasteiger partial charge in [-0.15, -0.1) is 11.3 Å². The van der Waals surface area contributed by atoms with Crippen LogP contribution in [-0.2, 0) is 12.8 Å². The Kier molecular flexibility index (Phi) is 4.41. The summed E-state index contributed by atoms with van der Waals surface area (Å²) in [5.74, 6) is -0.205. The Balaban J connectivity index is 1.95. The third kappa shape index (κ3) is 3.19. The Hall–Kier alpha value is -2.21. The molecule has 1 aliphatic rings. The van der Waals surface area contributed by atoms with Gasteiger partial charge in [0.1, 0.15) is 10.7 Å². The first-order valence-corrected chi connectivity index (χ1v) is 8.87. The first kappa shape index (κ1) is 16.6. The monoisotopic (exact) mass is 343 g/mol. The Morgan fingerprint density at radius 1 is 1.33 bits per heavy atom. The lowest BCUT2D eigenvalue weighted by Gasteiger charge is -2.18. The van der Waals surface area contributed by atoms with Crippen molar-refractivity contribution >= 4 is 28.2 Å². The molecule has 2 aromatic heterocycles. The maximum Gasteiger partial charge on any atom is 0.274 e. The molecule has 126 valence electrons. The third-order valence-electron chi connectivity index (χ3n) is 4.32. The van der Waals surface area contributed by atoms with Crippen molar-refractivity contribution in [1.82, 2.24) is 4.98 Å². The van der Waals surface area contributed by atoms with Crippen molar-refractivity contribution in [3.63, 3.8) is 0 Å². The highest BCUT2D eigenvalue weighted by Gasteiger charge is 2.27. The second kappa shape index (κ2) is 6.36. The normalized spacial score (nSPS) is 16.5. The number of aromatic nitrogens is 1. The van der Waals surface area contributed by atoms with Crippen LogP contribution in [0.4, 0.5) is 5.00 Å². The van der Waals surface area contributed by atoms with Crippen molar-refractivity contribution in [3.05, 3.63) is 45.1 Å². The summed E-state index contributed by atoms with van der Waals surface area (Å²) in [6, 6.07) is 3.65. The summed E-state index contributed by atoms with van der Waals surface area (Å²) in [6.07, 6.45) is 2.80. The predicted octanol–water partition coefficient (Wildman–Crippen LogP) is 3.24. The van der Waals surface area contributed by atoms with Gasteiger partial charge < -0.3 is 11.1 Å². The molecule has 1 atom stereocenters. The van der Waals surface area contributed by atoms with Crippen LogP contribution < -0.4 is 11.1 Å². The lowest BCUT2D eigenvalue weighted by Crippen LogP contribution is -2.20. The lowest BCUT2D eigenvalue weighted by atomic mass is 9.88. The molecule has 1 unspecified atom stereocenters. The number of carbonyl (C=O) groups excluding carboxylic acids is 2. The Bertz CT molecular complexity index is 806. The molecule has 5 nitrogen and oxygen atoms in total. The maximum absolute atomic E-state index is 12.6. The van der Waals surface area contributed by atoms with Crippen LogP contribution in [0.1, 0.15) is 55.9 Å². The van der Waals surface area contributed by atoms with Crippen molar-refractivity contribution in [3.8, 4) is 0 Å². The summed E-state index contributed by atoms with van der Waals surface area (Å²) in [5.41, 5.74) is 9.17. The van der Waals surface area contributed by atoms with Crippen molar-refractivity contribution in [1.29, 1.82) is 0 Å². The van der Waals surface area contributed by atoms with E-state index in [1.165, 1.54) is 11.3 Å². The van der Waals surface area contributed by atoms with Crippen LogP contribution in [0.3, 0.4) is 0 Å². The van der Waals surface area contributed by atoms with E-state index in [-0.39, 0.29) is 5.91 Å². The van der Waals surface area contributed by atoms with Crippen LogP contribution in [-0.4, -0.2) is 16.8 Å². The number of anilines is 1. The molecule has 3 rings (SSSR count). The molecule has 3 N–H and O–H groups in total. The van der Waals surface area contributed by atoms with Crippen LogP contribution in [0.2, 0.25) is 0 Å². The molecular weight excluding hydrogens is 322 g/mol. The topological polar surface area (TPSA) is 85.1 Å². The van der Waals surface area contributed by atoms with E-state index in [9.17, 15) is 9.59 Å². The van der Waals surface area contributed by atoms with Gasteiger partial charge >= 0.3 is 0 Å². The molecule has 0 saturated carbocycles. The first-order valence-electron chi connectivity index (χ1n) is 8.06. The highest BCUT2D eigenvalue weighted by atomic mass is 32.1. The zero-order valence-corrected chi connectivity index (χ0v) is 14.9. The molecule has 0 saturated heterocycles. The number of fused-ring (bicyclic) bond motifs is 1. The number of thiophene rings is 1. The van der Waals surface area contributed by atoms with Crippen LogP contribution in [0.25, 0.3) is 0 Å². The van der Waals surface area contributed by atoms with Crippen molar-refractivity contribution in [2.24, 2.45) is 11.7 Å². The highest BCUT2D eigenvalue weighted by Crippen LogP contribution is 2.39. The number of rotatable bonds is 3. The molecule has 24 heavy (non-hydrogen) atoms. The van der Waals surface area contributed by atoms with Gasteiger partial charge in [0.05, 0.1) is 5.56 Å². The molecule has 2 amide bonds. The van der Waals surface area contributed by atoms with E-state index in [1.54, 1.807) is 6.07 Å². The number of pyridine rings is 1. The van der Waals surface area contributed by atoms with Gasteiger partial charge in [0.25, 0.3) is 11.8 Å². The van der Waals surface area contributed by atoms with Gasteiger partial charge in [-0.1, -0.05) is 6.92 Å². The summed E-state index contributed by atoms with van der Waals surface area (Å²) < 4.78 is 0. The Labute approximate surface area is 145 Å². The number of nitrogens with zero attached hydrogens (tertiary/aromatic N) is 1. The van der Waals surface area contributed by atoms with Gasteiger partial charge in [-0.2, -0.15) is 0 Å². The summed E-state index contributed by atoms with van der Waals surface area (Å²) in [4.78, 5) is 29.9. The van der Waals surface area contributed by atoms with Gasteiger partial charge in [-0.3, -0.25) is 9.59 Å². The number of primary amides is 1. The minimum Gasteiger partial charge on any atom is -0.365 e. The fourth-order valence-corrected chi connectivity index (χ4v) is 4.64. The van der Waals surface area contributed by atoms with E-state index < -0.39 is 5.91 Å². The van der Waals surface area contributed by atoms with Gasteiger partial charge in [-0.25, -0.2) is 4.98 Å². The standard InChI is InChI=1S/C18H21N3O2S/c1-9-4-5-12-14(8-9)24-18(15(12)16(19)22)21-17(23)13-7-10(2)6-11(3)20-13/h6-7,9H,4-5,8H2,1-3H3,(H2,19,22)(H,21,23). The molecule has 0 aromatic carbocycles. The number of nitrogens with two attached hydrogens (primary N) is 1. The van der Waals surface area contributed by atoms with E-state index in [0.717, 1.165) is 41.0 Å². The minimum absolute atomic E-state index is 0.309. The van der Waals surface area contributed by atoms with E-state index in [4.69, 9.17) is 5.73 Å². The summed E-state index contributed by atoms with van der Waals surface area (Å²) in [5, 5.41) is 3.40. The maximum atomic E-state index is 12.6. The summed E-state index contributed by atoms with van der Waals surface area (Å²) in [7, 11) is 0. The smallest absolute Gasteiger partial charge is 0.274 e. The average molecular weight is 343 g/mol. The summed E-state index contributed by atoms with van der Waals surface area (Å²) in [6.45, 7) is 5.97. The average Bonchev–Trinajstić information content (AvgIpc) is 2.83.